The van der Waals surface area contributed by atoms with Crippen LogP contribution in [0.15, 0.2) is 24.3 Å². The smallest absolute Gasteiger partial charge is 0.333 e. The van der Waals surface area contributed by atoms with Crippen molar-refractivity contribution in [3.05, 3.63) is 24.3 Å². The maximum absolute atomic E-state index is 11.1. The minimum Gasteiger partial charge on any atom is -0.466 e. The summed E-state index contributed by atoms with van der Waals surface area (Å²) in [6, 6.07) is 0. The van der Waals surface area contributed by atoms with Crippen LogP contribution < -0.4 is 0 Å². The Hall–Kier alpha value is -1.09. The van der Waals surface area contributed by atoms with Crippen LogP contribution in [-0.2, 0) is 14.3 Å². The monoisotopic (exact) mass is 226 g/mol. The van der Waals surface area contributed by atoms with E-state index in [0.29, 0.717) is 12.0 Å². The van der Waals surface area contributed by atoms with E-state index in [9.17, 15) is 4.79 Å². The van der Waals surface area contributed by atoms with Crippen molar-refractivity contribution < 1.29 is 14.3 Å². The van der Waals surface area contributed by atoms with Crippen molar-refractivity contribution in [3.8, 4) is 0 Å². The van der Waals surface area contributed by atoms with Gasteiger partial charge in [0.15, 0.2) is 0 Å². The largest absolute Gasteiger partial charge is 0.466 e. The molecule has 0 saturated carbocycles. The van der Waals surface area contributed by atoms with Crippen LogP contribution in [0.25, 0.3) is 0 Å². The van der Waals surface area contributed by atoms with Crippen molar-refractivity contribution in [1.82, 2.24) is 0 Å². The molecule has 3 nitrogen and oxygen atoms in total. The number of rotatable bonds is 8. The molecule has 3 heteroatoms. The molecule has 0 aromatic carbocycles. The zero-order valence-electron chi connectivity index (χ0n) is 10.5. The van der Waals surface area contributed by atoms with Crippen LogP contribution in [0.5, 0.6) is 0 Å². The number of carbonyl (C=O) groups excluding carboxylic acids is 1. The van der Waals surface area contributed by atoms with E-state index in [2.05, 4.69) is 18.2 Å². The van der Waals surface area contributed by atoms with Gasteiger partial charge < -0.3 is 9.47 Å². The Balaban J connectivity index is 4.02. The van der Waals surface area contributed by atoms with Crippen molar-refractivity contribution in [1.29, 1.82) is 0 Å². The highest BCUT2D eigenvalue weighted by Crippen LogP contribution is 2.06. The number of esters is 1. The molecule has 92 valence electrons. The SMILES string of the molecule is C=CC(C/C=C(\C)C(=O)OC)OCCCC. The van der Waals surface area contributed by atoms with Crippen LogP contribution >= 0.6 is 0 Å². The third-order valence-electron chi connectivity index (χ3n) is 2.26. The number of hydrogen-bond acceptors (Lipinski definition) is 3. The lowest BCUT2D eigenvalue weighted by Crippen LogP contribution is -2.10. The van der Waals surface area contributed by atoms with Gasteiger partial charge in [0.25, 0.3) is 0 Å². The minimum absolute atomic E-state index is 0.0221. The van der Waals surface area contributed by atoms with Gasteiger partial charge in [0.2, 0.25) is 0 Å². The van der Waals surface area contributed by atoms with E-state index in [1.165, 1.54) is 7.11 Å². The summed E-state index contributed by atoms with van der Waals surface area (Å²) in [5, 5.41) is 0. The van der Waals surface area contributed by atoms with Crippen LogP contribution in [0.2, 0.25) is 0 Å². The summed E-state index contributed by atoms with van der Waals surface area (Å²) >= 11 is 0. The van der Waals surface area contributed by atoms with Gasteiger partial charge in [-0.25, -0.2) is 4.79 Å². The van der Waals surface area contributed by atoms with E-state index in [1.54, 1.807) is 13.0 Å². The predicted molar refractivity (Wildman–Crippen MR) is 65.2 cm³/mol. The maximum atomic E-state index is 11.1. The Kier molecular flexibility index (Phi) is 8.53. The van der Waals surface area contributed by atoms with E-state index >= 15 is 0 Å². The number of carbonyl (C=O) groups is 1. The Morgan fingerprint density at radius 2 is 2.19 bits per heavy atom. The topological polar surface area (TPSA) is 35.5 Å². The summed E-state index contributed by atoms with van der Waals surface area (Å²) in [5.74, 6) is -0.295. The number of ether oxygens (including phenoxy) is 2. The van der Waals surface area contributed by atoms with E-state index in [4.69, 9.17) is 4.74 Å². The first-order chi connectivity index (χ1) is 7.65. The Morgan fingerprint density at radius 3 is 2.69 bits per heavy atom. The van der Waals surface area contributed by atoms with E-state index in [0.717, 1.165) is 19.4 Å². The summed E-state index contributed by atoms with van der Waals surface area (Å²) in [6.45, 7) is 8.30. The second kappa shape index (κ2) is 9.16. The van der Waals surface area contributed by atoms with Gasteiger partial charge in [0.05, 0.1) is 13.2 Å². The van der Waals surface area contributed by atoms with Crippen LogP contribution in [0, 0.1) is 0 Å². The van der Waals surface area contributed by atoms with Gasteiger partial charge in [-0.2, -0.15) is 0 Å². The fraction of sp³-hybridized carbons (Fsp3) is 0.615. The van der Waals surface area contributed by atoms with Gasteiger partial charge in [-0.05, 0) is 19.8 Å². The molecule has 0 saturated heterocycles. The highest BCUT2D eigenvalue weighted by molar-refractivity contribution is 5.87. The molecule has 0 aromatic rings. The molecule has 0 spiro atoms. The molecule has 0 N–H and O–H groups in total. The van der Waals surface area contributed by atoms with Crippen molar-refractivity contribution in [2.75, 3.05) is 13.7 Å². The molecule has 0 aliphatic heterocycles. The van der Waals surface area contributed by atoms with E-state index < -0.39 is 0 Å². The predicted octanol–water partition coefficient (Wildman–Crippen LogP) is 2.87. The van der Waals surface area contributed by atoms with Crippen molar-refractivity contribution >= 4 is 5.97 Å². The molecule has 16 heavy (non-hydrogen) atoms. The lowest BCUT2D eigenvalue weighted by Gasteiger charge is -2.11. The summed E-state index contributed by atoms with van der Waals surface area (Å²) in [7, 11) is 1.38. The van der Waals surface area contributed by atoms with E-state index in [1.807, 2.05) is 6.08 Å². The van der Waals surface area contributed by atoms with Gasteiger partial charge in [0, 0.05) is 12.2 Å². The average molecular weight is 226 g/mol. The summed E-state index contributed by atoms with van der Waals surface area (Å²) in [6.07, 6.45) is 6.38. The van der Waals surface area contributed by atoms with Crippen molar-refractivity contribution in [2.45, 2.75) is 39.2 Å². The molecular formula is C13H22O3. The first kappa shape index (κ1) is 14.9. The second-order valence-electron chi connectivity index (χ2n) is 3.61. The fourth-order valence-corrected chi connectivity index (χ4v) is 1.15. The Morgan fingerprint density at radius 1 is 1.50 bits per heavy atom. The summed E-state index contributed by atoms with van der Waals surface area (Å²) in [5.41, 5.74) is 0.605. The summed E-state index contributed by atoms with van der Waals surface area (Å²) < 4.78 is 10.2. The van der Waals surface area contributed by atoms with Crippen LogP contribution in [0.1, 0.15) is 33.1 Å². The molecule has 0 amide bonds. The quantitative estimate of drug-likeness (QED) is 0.276. The third-order valence-corrected chi connectivity index (χ3v) is 2.26. The first-order valence-corrected chi connectivity index (χ1v) is 5.64. The second-order valence-corrected chi connectivity index (χ2v) is 3.61. The normalized spacial score (nSPS) is 13.3. The van der Waals surface area contributed by atoms with Gasteiger partial charge in [-0.15, -0.1) is 6.58 Å². The lowest BCUT2D eigenvalue weighted by molar-refractivity contribution is -0.136. The molecule has 0 aliphatic rings. The average Bonchev–Trinajstić information content (AvgIpc) is 2.32. The zero-order valence-corrected chi connectivity index (χ0v) is 10.5. The first-order valence-electron chi connectivity index (χ1n) is 5.64. The van der Waals surface area contributed by atoms with Crippen LogP contribution in [-0.4, -0.2) is 25.8 Å². The number of unbranched alkanes of at least 4 members (excludes halogenated alkanes) is 1. The van der Waals surface area contributed by atoms with Crippen LogP contribution in [0.4, 0.5) is 0 Å². The number of hydrogen-bond donors (Lipinski definition) is 0. The van der Waals surface area contributed by atoms with Crippen molar-refractivity contribution in [3.63, 3.8) is 0 Å². The molecule has 0 bridgehead atoms. The summed E-state index contributed by atoms with van der Waals surface area (Å²) in [4.78, 5) is 11.1. The lowest BCUT2D eigenvalue weighted by atomic mass is 10.2. The van der Waals surface area contributed by atoms with Gasteiger partial charge >= 0.3 is 5.97 Å². The van der Waals surface area contributed by atoms with Gasteiger partial charge in [0.1, 0.15) is 0 Å². The highest BCUT2D eigenvalue weighted by Gasteiger charge is 2.06. The minimum atomic E-state index is -0.295. The molecule has 0 radical (unpaired) electrons. The molecule has 0 fully saturated rings. The standard InChI is InChI=1S/C13H22O3/c1-5-7-10-16-12(6-2)9-8-11(3)13(14)15-4/h6,8,12H,2,5,7,9-10H2,1,3-4H3/b11-8+. The number of methoxy groups -OCH3 is 1. The maximum Gasteiger partial charge on any atom is 0.333 e. The Labute approximate surface area is 98.1 Å². The third kappa shape index (κ3) is 6.40. The van der Waals surface area contributed by atoms with Crippen molar-refractivity contribution in [2.24, 2.45) is 0 Å². The van der Waals surface area contributed by atoms with Crippen LogP contribution in [0.3, 0.4) is 0 Å². The molecule has 0 rings (SSSR count). The molecule has 1 atom stereocenters. The molecular weight excluding hydrogens is 204 g/mol. The Bertz CT molecular complexity index is 244. The highest BCUT2D eigenvalue weighted by atomic mass is 16.5. The molecule has 0 heterocycles. The molecule has 1 unspecified atom stereocenters. The van der Waals surface area contributed by atoms with Gasteiger partial charge in [-0.3, -0.25) is 0 Å². The zero-order chi connectivity index (χ0) is 12.4. The molecule has 0 aromatic heterocycles. The molecule has 0 aliphatic carbocycles. The van der Waals surface area contributed by atoms with E-state index in [-0.39, 0.29) is 12.1 Å². The fourth-order valence-electron chi connectivity index (χ4n) is 1.15. The van der Waals surface area contributed by atoms with Gasteiger partial charge in [-0.1, -0.05) is 25.5 Å².